The summed E-state index contributed by atoms with van der Waals surface area (Å²) in [7, 11) is 0. The molecule has 2 N–H and O–H groups in total. The molecule has 1 aromatic rings. The number of hydrogen-bond donors (Lipinski definition) is 2. The van der Waals surface area contributed by atoms with E-state index in [0.29, 0.717) is 17.3 Å². The van der Waals surface area contributed by atoms with Crippen LogP contribution < -0.4 is 5.32 Å². The third-order valence-electron chi connectivity index (χ3n) is 3.60. The van der Waals surface area contributed by atoms with Crippen LogP contribution in [0, 0.1) is 0 Å². The van der Waals surface area contributed by atoms with Crippen LogP contribution >= 0.6 is 11.6 Å². The smallest absolute Gasteiger partial charge is 0.411 e. The van der Waals surface area contributed by atoms with E-state index in [1.54, 1.807) is 24.3 Å². The molecule has 1 atom stereocenters. The highest BCUT2D eigenvalue weighted by Gasteiger charge is 2.13. The molecule has 1 aromatic carbocycles. The quantitative estimate of drug-likeness (QED) is 0.625. The highest BCUT2D eigenvalue weighted by molar-refractivity contribution is 6.30. The van der Waals surface area contributed by atoms with Gasteiger partial charge in [-0.3, -0.25) is 5.32 Å². The Morgan fingerprint density at radius 1 is 1.29 bits per heavy atom. The Labute approximate surface area is 149 Å². The maximum Gasteiger partial charge on any atom is 0.411 e. The molecule has 0 fully saturated rings. The summed E-state index contributed by atoms with van der Waals surface area (Å²) in [5, 5.41) is 13.2. The Kier molecular flexibility index (Phi) is 10.5. The topological polar surface area (TPSA) is 61.8 Å². The lowest BCUT2D eigenvalue weighted by Gasteiger charge is -2.24. The Morgan fingerprint density at radius 3 is 2.54 bits per heavy atom. The van der Waals surface area contributed by atoms with Gasteiger partial charge in [0, 0.05) is 17.3 Å². The van der Waals surface area contributed by atoms with E-state index in [1.807, 2.05) is 0 Å². The van der Waals surface area contributed by atoms with Crippen LogP contribution in [0.1, 0.15) is 39.5 Å². The van der Waals surface area contributed by atoms with Gasteiger partial charge < -0.3 is 14.7 Å². The van der Waals surface area contributed by atoms with Gasteiger partial charge >= 0.3 is 6.09 Å². The summed E-state index contributed by atoms with van der Waals surface area (Å²) in [6, 6.07) is 6.83. The number of benzene rings is 1. The van der Waals surface area contributed by atoms with E-state index in [-0.39, 0.29) is 6.61 Å². The van der Waals surface area contributed by atoms with Crippen molar-refractivity contribution < 1.29 is 14.6 Å². The van der Waals surface area contributed by atoms with Crippen LogP contribution in [0.3, 0.4) is 0 Å². The Hall–Kier alpha value is -1.30. The summed E-state index contributed by atoms with van der Waals surface area (Å²) in [4.78, 5) is 14.0. The Bertz CT molecular complexity index is 477. The zero-order valence-corrected chi connectivity index (χ0v) is 15.4. The van der Waals surface area contributed by atoms with Crippen molar-refractivity contribution in [2.24, 2.45) is 0 Å². The van der Waals surface area contributed by atoms with E-state index in [4.69, 9.17) is 16.3 Å². The minimum Gasteiger partial charge on any atom is -0.447 e. The molecule has 24 heavy (non-hydrogen) atoms. The molecule has 0 unspecified atom stereocenters. The highest BCUT2D eigenvalue weighted by atomic mass is 35.5. The van der Waals surface area contributed by atoms with Crippen molar-refractivity contribution in [1.82, 2.24) is 4.90 Å². The lowest BCUT2D eigenvalue weighted by Crippen LogP contribution is -2.37. The largest absolute Gasteiger partial charge is 0.447 e. The summed E-state index contributed by atoms with van der Waals surface area (Å²) in [5.74, 6) is 0. The minimum absolute atomic E-state index is 0.0266. The molecule has 136 valence electrons. The maximum atomic E-state index is 11.8. The van der Waals surface area contributed by atoms with Gasteiger partial charge in [-0.25, -0.2) is 4.79 Å². The lowest BCUT2D eigenvalue weighted by atomic mass is 10.2. The molecule has 1 amide bonds. The first-order chi connectivity index (χ1) is 11.5. The number of aliphatic hydroxyl groups is 1. The van der Waals surface area contributed by atoms with Gasteiger partial charge in [0.1, 0.15) is 12.7 Å². The highest BCUT2D eigenvalue weighted by Crippen LogP contribution is 2.15. The molecule has 0 saturated carbocycles. The second-order valence-electron chi connectivity index (χ2n) is 5.90. The monoisotopic (exact) mass is 356 g/mol. The second-order valence-corrected chi connectivity index (χ2v) is 6.33. The van der Waals surface area contributed by atoms with Crippen molar-refractivity contribution in [1.29, 1.82) is 0 Å². The predicted molar refractivity (Wildman–Crippen MR) is 98.7 cm³/mol. The van der Waals surface area contributed by atoms with Gasteiger partial charge in [0.05, 0.1) is 0 Å². The van der Waals surface area contributed by atoms with Crippen LogP contribution in [0.5, 0.6) is 0 Å². The number of ether oxygens (including phenoxy) is 1. The molecule has 0 aliphatic rings. The molecule has 0 radical (unpaired) electrons. The van der Waals surface area contributed by atoms with E-state index in [1.165, 1.54) is 0 Å². The zero-order valence-electron chi connectivity index (χ0n) is 14.6. The fourth-order valence-corrected chi connectivity index (χ4v) is 2.49. The van der Waals surface area contributed by atoms with Gasteiger partial charge in [0.2, 0.25) is 0 Å². The van der Waals surface area contributed by atoms with Crippen LogP contribution in [0.2, 0.25) is 5.02 Å². The van der Waals surface area contributed by atoms with Crippen LogP contribution in [-0.2, 0) is 4.74 Å². The molecule has 0 spiro atoms. The number of rotatable bonds is 11. The van der Waals surface area contributed by atoms with Crippen molar-refractivity contribution in [3.05, 3.63) is 29.3 Å². The van der Waals surface area contributed by atoms with E-state index in [2.05, 4.69) is 24.1 Å². The Balaban J connectivity index is 2.34. The van der Waals surface area contributed by atoms with Crippen LogP contribution in [0.15, 0.2) is 24.3 Å². The lowest BCUT2D eigenvalue weighted by molar-refractivity contribution is 0.0475. The van der Waals surface area contributed by atoms with Gasteiger partial charge in [-0.2, -0.15) is 0 Å². The van der Waals surface area contributed by atoms with Crippen molar-refractivity contribution in [2.45, 2.75) is 45.6 Å². The number of nitrogens with zero attached hydrogens (tertiary/aromatic N) is 1. The number of aliphatic hydroxyl groups excluding tert-OH is 1. The molecule has 0 aromatic heterocycles. The van der Waals surface area contributed by atoms with E-state index < -0.39 is 12.2 Å². The van der Waals surface area contributed by atoms with Gasteiger partial charge in [-0.1, -0.05) is 44.4 Å². The van der Waals surface area contributed by atoms with Gasteiger partial charge in [-0.05, 0) is 44.1 Å². The first-order valence-corrected chi connectivity index (χ1v) is 9.02. The first kappa shape index (κ1) is 20.7. The van der Waals surface area contributed by atoms with E-state index in [0.717, 1.165) is 38.8 Å². The van der Waals surface area contributed by atoms with Crippen LogP contribution in [0.4, 0.5) is 10.5 Å². The fraction of sp³-hybridized carbons (Fsp3) is 0.611. The number of halogens is 1. The van der Waals surface area contributed by atoms with Crippen molar-refractivity contribution in [3.8, 4) is 0 Å². The van der Waals surface area contributed by atoms with Crippen molar-refractivity contribution in [2.75, 3.05) is 31.6 Å². The number of hydrogen-bond acceptors (Lipinski definition) is 4. The normalized spacial score (nSPS) is 12.2. The summed E-state index contributed by atoms with van der Waals surface area (Å²) in [6.45, 7) is 6.71. The molecule has 0 saturated heterocycles. The molecule has 0 bridgehead atoms. The number of unbranched alkanes of at least 4 members (excludes halogenated alkanes) is 2. The molecule has 6 heteroatoms. The van der Waals surface area contributed by atoms with Gasteiger partial charge in [0.25, 0.3) is 0 Å². The molecule has 0 aliphatic heterocycles. The average molecular weight is 357 g/mol. The Morgan fingerprint density at radius 2 is 1.96 bits per heavy atom. The van der Waals surface area contributed by atoms with E-state index >= 15 is 0 Å². The van der Waals surface area contributed by atoms with E-state index in [9.17, 15) is 9.90 Å². The zero-order chi connectivity index (χ0) is 17.8. The number of anilines is 1. The maximum absolute atomic E-state index is 11.8. The number of nitrogens with one attached hydrogen (secondary N) is 1. The van der Waals surface area contributed by atoms with Gasteiger partial charge in [-0.15, -0.1) is 0 Å². The van der Waals surface area contributed by atoms with Crippen molar-refractivity contribution >= 4 is 23.4 Å². The predicted octanol–water partition coefficient (Wildman–Crippen LogP) is 4.15. The van der Waals surface area contributed by atoms with Gasteiger partial charge in [0.15, 0.2) is 0 Å². The summed E-state index contributed by atoms with van der Waals surface area (Å²) < 4.78 is 5.09. The number of carbonyl (C=O) groups is 1. The summed E-state index contributed by atoms with van der Waals surface area (Å²) in [5.41, 5.74) is 0.564. The summed E-state index contributed by atoms with van der Waals surface area (Å²) in [6.07, 6.45) is 3.17. The second kappa shape index (κ2) is 12.1. The number of carbonyl (C=O) groups excluding carboxylic acids is 1. The molecule has 1 rings (SSSR count). The van der Waals surface area contributed by atoms with Crippen molar-refractivity contribution in [3.63, 3.8) is 0 Å². The molecular formula is C18H29ClN2O3. The summed E-state index contributed by atoms with van der Waals surface area (Å²) >= 11 is 5.86. The molecule has 0 aliphatic carbocycles. The fourth-order valence-electron chi connectivity index (χ4n) is 2.30. The molecular weight excluding hydrogens is 328 g/mol. The third kappa shape index (κ3) is 9.11. The molecule has 5 nitrogen and oxygen atoms in total. The van der Waals surface area contributed by atoms with Crippen LogP contribution in [0.25, 0.3) is 0 Å². The minimum atomic E-state index is -0.691. The molecule has 0 heterocycles. The average Bonchev–Trinajstić information content (AvgIpc) is 2.55. The van der Waals surface area contributed by atoms with Crippen LogP contribution in [-0.4, -0.2) is 48.4 Å². The third-order valence-corrected chi connectivity index (χ3v) is 3.84. The number of amides is 1. The SMILES string of the molecule is CCCCN(CCCC)C[C@@H](O)COC(=O)Nc1cccc(Cl)c1. The first-order valence-electron chi connectivity index (χ1n) is 8.64. The standard InChI is InChI=1S/C18H29ClN2O3/c1-3-5-10-21(11-6-4-2)13-17(22)14-24-18(23)20-16-9-7-8-15(19)12-16/h7-9,12,17,22H,3-6,10-11,13-14H2,1-2H3,(H,20,23)/t17-/m1/s1.